The van der Waals surface area contributed by atoms with E-state index in [0.717, 1.165) is 25.7 Å². The molecule has 0 spiro atoms. The maximum Gasteiger partial charge on any atom is 0.248 e. The summed E-state index contributed by atoms with van der Waals surface area (Å²) in [4.78, 5) is 24.2. The number of nitrogens with zero attached hydrogens (tertiary/aromatic N) is 2. The lowest BCUT2D eigenvalue weighted by atomic mass is 10.1. The van der Waals surface area contributed by atoms with Crippen LogP contribution in [0.1, 0.15) is 38.2 Å². The Morgan fingerprint density at radius 2 is 2.04 bits per heavy atom. The smallest absolute Gasteiger partial charge is 0.248 e. The van der Waals surface area contributed by atoms with Gasteiger partial charge in [0.2, 0.25) is 11.8 Å². The number of carbonyl (C=O) groups is 2. The first-order valence-corrected chi connectivity index (χ1v) is 9.07. The van der Waals surface area contributed by atoms with Crippen LogP contribution in [0, 0.1) is 5.82 Å². The predicted molar refractivity (Wildman–Crippen MR) is 101 cm³/mol. The number of anilines is 1. The molecule has 142 valence electrons. The van der Waals surface area contributed by atoms with Crippen molar-refractivity contribution in [1.29, 1.82) is 0 Å². The first kappa shape index (κ1) is 18.8. The molecule has 2 aromatic rings. The summed E-state index contributed by atoms with van der Waals surface area (Å²) in [7, 11) is 0. The highest BCUT2D eigenvalue weighted by atomic mass is 19.1. The van der Waals surface area contributed by atoms with E-state index in [0.29, 0.717) is 16.8 Å². The summed E-state index contributed by atoms with van der Waals surface area (Å²) in [5.41, 5.74) is 1.38. The fourth-order valence-electron chi connectivity index (χ4n) is 3.24. The quantitative estimate of drug-likeness (QED) is 0.767. The second kappa shape index (κ2) is 8.62. The molecule has 0 aliphatic heterocycles. The number of carbonyl (C=O) groups excluding carboxylic acids is 2. The van der Waals surface area contributed by atoms with E-state index < -0.39 is 0 Å². The molecule has 6 nitrogen and oxygen atoms in total. The van der Waals surface area contributed by atoms with Crippen LogP contribution in [0.5, 0.6) is 0 Å². The Bertz CT molecular complexity index is 853. The zero-order valence-corrected chi connectivity index (χ0v) is 15.2. The zero-order chi connectivity index (χ0) is 19.2. The third-order valence-corrected chi connectivity index (χ3v) is 4.57. The summed E-state index contributed by atoms with van der Waals surface area (Å²) in [6.45, 7) is 1.78. The molecule has 1 saturated carbocycles. The highest BCUT2D eigenvalue weighted by molar-refractivity contribution is 6.03. The number of nitrogens with one attached hydrogen (secondary N) is 2. The molecule has 3 rings (SSSR count). The predicted octanol–water partition coefficient (Wildman–Crippen LogP) is 3.12. The van der Waals surface area contributed by atoms with Crippen molar-refractivity contribution < 1.29 is 14.0 Å². The summed E-state index contributed by atoms with van der Waals surface area (Å²) in [6.07, 6.45) is 8.78. The average molecular weight is 370 g/mol. The first-order chi connectivity index (χ1) is 13.0. The lowest BCUT2D eigenvalue weighted by molar-refractivity contribution is -0.122. The van der Waals surface area contributed by atoms with Crippen LogP contribution >= 0.6 is 0 Å². The highest BCUT2D eigenvalue weighted by Crippen LogP contribution is 2.18. The van der Waals surface area contributed by atoms with E-state index in [1.54, 1.807) is 31.3 Å². The Kier molecular flexibility index (Phi) is 6.01. The Labute approximate surface area is 157 Å². The molecule has 1 aliphatic carbocycles. The van der Waals surface area contributed by atoms with Gasteiger partial charge in [-0.25, -0.2) is 4.39 Å². The van der Waals surface area contributed by atoms with Gasteiger partial charge in [0.1, 0.15) is 12.4 Å². The molecule has 1 fully saturated rings. The molecule has 1 heterocycles. The lowest BCUT2D eigenvalue weighted by Crippen LogP contribution is -2.35. The summed E-state index contributed by atoms with van der Waals surface area (Å²) in [5, 5.41) is 9.77. The van der Waals surface area contributed by atoms with Crippen molar-refractivity contribution in [2.45, 2.75) is 45.2 Å². The molecule has 2 amide bonds. The number of allylic oxidation sites excluding steroid dienone is 1. The Morgan fingerprint density at radius 3 is 2.78 bits per heavy atom. The van der Waals surface area contributed by atoms with E-state index in [9.17, 15) is 14.0 Å². The maximum absolute atomic E-state index is 13.8. The van der Waals surface area contributed by atoms with Crippen molar-refractivity contribution in [2.24, 2.45) is 0 Å². The highest BCUT2D eigenvalue weighted by Gasteiger charge is 2.17. The van der Waals surface area contributed by atoms with E-state index in [-0.39, 0.29) is 30.2 Å². The number of aromatic nitrogens is 2. The van der Waals surface area contributed by atoms with Gasteiger partial charge in [-0.3, -0.25) is 14.3 Å². The monoisotopic (exact) mass is 370 g/mol. The van der Waals surface area contributed by atoms with Crippen LogP contribution in [-0.2, 0) is 16.1 Å². The fourth-order valence-corrected chi connectivity index (χ4v) is 3.24. The molecule has 0 atom stereocenters. The SMILES string of the molecule is C/C(=C\C(=O)Nc1cnn(CC(=O)NC2CCCC2)c1)c1ccccc1F. The van der Waals surface area contributed by atoms with E-state index >= 15 is 0 Å². The second-order valence-corrected chi connectivity index (χ2v) is 6.77. The van der Waals surface area contributed by atoms with Crippen LogP contribution in [0.15, 0.2) is 42.7 Å². The van der Waals surface area contributed by atoms with Crippen molar-refractivity contribution in [3.8, 4) is 0 Å². The molecule has 0 bridgehead atoms. The van der Waals surface area contributed by atoms with Crippen LogP contribution in [0.25, 0.3) is 5.57 Å². The van der Waals surface area contributed by atoms with Gasteiger partial charge in [-0.05, 0) is 31.4 Å². The van der Waals surface area contributed by atoms with Gasteiger partial charge in [0.15, 0.2) is 0 Å². The number of rotatable bonds is 6. The van der Waals surface area contributed by atoms with Gasteiger partial charge < -0.3 is 10.6 Å². The summed E-state index contributed by atoms with van der Waals surface area (Å²) >= 11 is 0. The van der Waals surface area contributed by atoms with E-state index in [1.165, 1.54) is 23.0 Å². The maximum atomic E-state index is 13.8. The van der Waals surface area contributed by atoms with Gasteiger partial charge in [-0.1, -0.05) is 31.0 Å². The Balaban J connectivity index is 1.55. The lowest BCUT2D eigenvalue weighted by Gasteiger charge is -2.11. The van der Waals surface area contributed by atoms with Crippen molar-refractivity contribution in [3.63, 3.8) is 0 Å². The van der Waals surface area contributed by atoms with E-state index in [1.807, 2.05) is 0 Å². The van der Waals surface area contributed by atoms with Crippen molar-refractivity contribution in [3.05, 3.63) is 54.1 Å². The third kappa shape index (κ3) is 5.26. The van der Waals surface area contributed by atoms with Gasteiger partial charge in [0, 0.05) is 23.9 Å². The first-order valence-electron chi connectivity index (χ1n) is 9.07. The van der Waals surface area contributed by atoms with Gasteiger partial charge in [-0.15, -0.1) is 0 Å². The number of hydrogen-bond donors (Lipinski definition) is 2. The molecule has 27 heavy (non-hydrogen) atoms. The third-order valence-electron chi connectivity index (χ3n) is 4.57. The molecular formula is C20H23FN4O2. The number of amides is 2. The molecular weight excluding hydrogens is 347 g/mol. The van der Waals surface area contributed by atoms with Crippen LogP contribution in [0.3, 0.4) is 0 Å². The van der Waals surface area contributed by atoms with Crippen molar-refractivity contribution in [2.75, 3.05) is 5.32 Å². The molecule has 1 aromatic heterocycles. The van der Waals surface area contributed by atoms with Gasteiger partial charge in [-0.2, -0.15) is 5.10 Å². The molecule has 0 unspecified atom stereocenters. The zero-order valence-electron chi connectivity index (χ0n) is 15.2. The summed E-state index contributed by atoms with van der Waals surface area (Å²) in [6, 6.07) is 6.55. The Morgan fingerprint density at radius 1 is 1.30 bits per heavy atom. The molecule has 1 aromatic carbocycles. The minimum atomic E-state index is -0.384. The van der Waals surface area contributed by atoms with Crippen LogP contribution in [0.2, 0.25) is 0 Å². The van der Waals surface area contributed by atoms with Crippen LogP contribution in [-0.4, -0.2) is 27.6 Å². The largest absolute Gasteiger partial charge is 0.352 e. The molecule has 0 radical (unpaired) electrons. The number of hydrogen-bond acceptors (Lipinski definition) is 3. The van der Waals surface area contributed by atoms with E-state index in [2.05, 4.69) is 15.7 Å². The Hall–Kier alpha value is -2.96. The fraction of sp³-hybridized carbons (Fsp3) is 0.350. The van der Waals surface area contributed by atoms with Crippen molar-refractivity contribution >= 4 is 23.1 Å². The minimum absolute atomic E-state index is 0.0850. The van der Waals surface area contributed by atoms with Crippen molar-refractivity contribution in [1.82, 2.24) is 15.1 Å². The standard InChI is InChI=1S/C20H23FN4O2/c1-14(17-8-4-5-9-18(17)21)10-19(26)24-16-11-22-25(12-16)13-20(27)23-15-6-2-3-7-15/h4-5,8-12,15H,2-3,6-7,13H2,1H3,(H,23,27)(H,24,26)/b14-10+. The topological polar surface area (TPSA) is 76.0 Å². The molecule has 1 aliphatic rings. The number of halogens is 1. The van der Waals surface area contributed by atoms with Gasteiger partial charge in [0.05, 0.1) is 11.9 Å². The second-order valence-electron chi connectivity index (χ2n) is 6.77. The normalized spacial score (nSPS) is 15.0. The van der Waals surface area contributed by atoms with Gasteiger partial charge >= 0.3 is 0 Å². The molecule has 0 saturated heterocycles. The van der Waals surface area contributed by atoms with E-state index in [4.69, 9.17) is 0 Å². The van der Waals surface area contributed by atoms with Crippen LogP contribution in [0.4, 0.5) is 10.1 Å². The summed E-state index contributed by atoms with van der Waals surface area (Å²) < 4.78 is 15.2. The number of benzene rings is 1. The summed E-state index contributed by atoms with van der Waals surface area (Å²) in [5.74, 6) is -0.843. The molecule has 7 heteroatoms. The minimum Gasteiger partial charge on any atom is -0.352 e. The van der Waals surface area contributed by atoms with Gasteiger partial charge in [0.25, 0.3) is 0 Å². The average Bonchev–Trinajstić information content (AvgIpc) is 3.27. The van der Waals surface area contributed by atoms with Crippen LogP contribution < -0.4 is 10.6 Å². The molecule has 2 N–H and O–H groups in total.